The lowest BCUT2D eigenvalue weighted by Crippen LogP contribution is -2.37. The van der Waals surface area contributed by atoms with Crippen molar-refractivity contribution in [3.63, 3.8) is 0 Å². The van der Waals surface area contributed by atoms with Crippen molar-refractivity contribution in [2.45, 2.75) is 12.8 Å². The molecule has 0 N–H and O–H groups in total. The van der Waals surface area contributed by atoms with Crippen molar-refractivity contribution in [3.8, 4) is 11.8 Å². The van der Waals surface area contributed by atoms with Gasteiger partial charge in [0, 0.05) is 13.1 Å². The lowest BCUT2D eigenvalue weighted by molar-refractivity contribution is 0.164. The third kappa shape index (κ3) is 3.76. The van der Waals surface area contributed by atoms with Crippen LogP contribution in [0, 0.1) is 17.2 Å². The fraction of sp³-hybridized carbons (Fsp3) is 0.500. The number of likely N-dealkylation sites (tertiary alicyclic amines) is 1. The Kier molecular flexibility index (Phi) is 4.40. The Balaban J connectivity index is 1.70. The van der Waals surface area contributed by atoms with Crippen molar-refractivity contribution < 1.29 is 4.74 Å². The van der Waals surface area contributed by atoms with Gasteiger partial charge in [-0.25, -0.2) is 0 Å². The normalized spacial score (nSPS) is 20.8. The Labute approximate surface area is 103 Å². The summed E-state index contributed by atoms with van der Waals surface area (Å²) in [6.45, 7) is 3.60. The van der Waals surface area contributed by atoms with Gasteiger partial charge in [-0.1, -0.05) is 18.2 Å². The topological polar surface area (TPSA) is 36.3 Å². The van der Waals surface area contributed by atoms with E-state index in [0.29, 0.717) is 6.61 Å². The quantitative estimate of drug-likeness (QED) is 0.796. The number of nitriles is 1. The van der Waals surface area contributed by atoms with Crippen molar-refractivity contribution in [1.82, 2.24) is 4.90 Å². The number of ether oxygens (including phenoxy) is 1. The van der Waals surface area contributed by atoms with Crippen LogP contribution in [0.25, 0.3) is 0 Å². The van der Waals surface area contributed by atoms with Crippen LogP contribution >= 0.6 is 0 Å². The molecule has 3 nitrogen and oxygen atoms in total. The lowest BCUT2D eigenvalue weighted by Gasteiger charge is -2.29. The highest BCUT2D eigenvalue weighted by molar-refractivity contribution is 5.20. The van der Waals surface area contributed by atoms with E-state index in [1.807, 2.05) is 30.3 Å². The first kappa shape index (κ1) is 11.9. The molecule has 0 radical (unpaired) electrons. The molecule has 1 aliphatic heterocycles. The van der Waals surface area contributed by atoms with Gasteiger partial charge in [-0.2, -0.15) is 5.26 Å². The van der Waals surface area contributed by atoms with Crippen molar-refractivity contribution >= 4 is 0 Å². The molecule has 1 unspecified atom stereocenters. The minimum absolute atomic E-state index is 0.209. The second-order valence-corrected chi connectivity index (χ2v) is 4.43. The fourth-order valence-corrected chi connectivity index (χ4v) is 2.17. The molecule has 0 aliphatic carbocycles. The average molecular weight is 230 g/mol. The number of nitrogens with zero attached hydrogens (tertiary/aromatic N) is 2. The molecule has 0 aromatic heterocycles. The molecular formula is C14H18N2O. The summed E-state index contributed by atoms with van der Waals surface area (Å²) < 4.78 is 5.65. The number of rotatable bonds is 4. The zero-order chi connectivity index (χ0) is 11.9. The molecule has 1 atom stereocenters. The third-order valence-electron chi connectivity index (χ3n) is 3.11. The molecule has 90 valence electrons. The summed E-state index contributed by atoms with van der Waals surface area (Å²) in [6.07, 6.45) is 2.18. The molecule has 0 spiro atoms. The lowest BCUT2D eigenvalue weighted by atomic mass is 10.00. The fourth-order valence-electron chi connectivity index (χ4n) is 2.17. The molecule has 0 bridgehead atoms. The van der Waals surface area contributed by atoms with Gasteiger partial charge in [-0.15, -0.1) is 0 Å². The Bertz CT molecular complexity index is 372. The first-order valence-corrected chi connectivity index (χ1v) is 6.18. The van der Waals surface area contributed by atoms with Crippen LogP contribution in [0.1, 0.15) is 12.8 Å². The third-order valence-corrected chi connectivity index (χ3v) is 3.11. The van der Waals surface area contributed by atoms with E-state index in [1.165, 1.54) is 0 Å². The van der Waals surface area contributed by atoms with Gasteiger partial charge in [0.1, 0.15) is 12.4 Å². The predicted molar refractivity (Wildman–Crippen MR) is 66.7 cm³/mol. The Morgan fingerprint density at radius 3 is 2.94 bits per heavy atom. The first-order chi connectivity index (χ1) is 8.38. The maximum atomic E-state index is 8.90. The standard InChI is InChI=1S/C14H18N2O/c15-11-13-5-4-8-16(12-13)9-10-17-14-6-2-1-3-7-14/h1-3,6-7,13H,4-5,8-10,12H2. The van der Waals surface area contributed by atoms with Gasteiger partial charge in [-0.3, -0.25) is 4.90 Å². The zero-order valence-electron chi connectivity index (χ0n) is 10.0. The van der Waals surface area contributed by atoms with Gasteiger partial charge < -0.3 is 4.74 Å². The van der Waals surface area contributed by atoms with Crippen molar-refractivity contribution in [2.24, 2.45) is 5.92 Å². The Morgan fingerprint density at radius 2 is 2.18 bits per heavy atom. The summed E-state index contributed by atoms with van der Waals surface area (Å²) in [6, 6.07) is 12.2. The first-order valence-electron chi connectivity index (χ1n) is 6.18. The van der Waals surface area contributed by atoms with Crippen LogP contribution in [0.5, 0.6) is 5.75 Å². The van der Waals surface area contributed by atoms with Gasteiger partial charge in [-0.05, 0) is 31.5 Å². The molecule has 17 heavy (non-hydrogen) atoms. The second kappa shape index (κ2) is 6.27. The highest BCUT2D eigenvalue weighted by Gasteiger charge is 2.18. The number of para-hydroxylation sites is 1. The van der Waals surface area contributed by atoms with Crippen LogP contribution in [-0.2, 0) is 0 Å². The van der Waals surface area contributed by atoms with E-state index < -0.39 is 0 Å². The van der Waals surface area contributed by atoms with Crippen LogP contribution in [0.4, 0.5) is 0 Å². The number of benzene rings is 1. The summed E-state index contributed by atoms with van der Waals surface area (Å²) in [7, 11) is 0. The monoisotopic (exact) mass is 230 g/mol. The number of hydrogen-bond acceptors (Lipinski definition) is 3. The maximum absolute atomic E-state index is 8.90. The minimum Gasteiger partial charge on any atom is -0.492 e. The van der Waals surface area contributed by atoms with Crippen LogP contribution < -0.4 is 4.74 Å². The highest BCUT2D eigenvalue weighted by atomic mass is 16.5. The van der Waals surface area contributed by atoms with E-state index >= 15 is 0 Å². The Hall–Kier alpha value is -1.53. The molecule has 1 fully saturated rings. The van der Waals surface area contributed by atoms with Gasteiger partial charge in [0.2, 0.25) is 0 Å². The second-order valence-electron chi connectivity index (χ2n) is 4.43. The SMILES string of the molecule is N#CC1CCCN(CCOc2ccccc2)C1. The highest BCUT2D eigenvalue weighted by Crippen LogP contribution is 2.15. The largest absolute Gasteiger partial charge is 0.492 e. The van der Waals surface area contributed by atoms with Gasteiger partial charge in [0.05, 0.1) is 12.0 Å². The van der Waals surface area contributed by atoms with Gasteiger partial charge >= 0.3 is 0 Å². The molecule has 2 rings (SSSR count). The van der Waals surface area contributed by atoms with Crippen LogP contribution in [0.3, 0.4) is 0 Å². The van der Waals surface area contributed by atoms with E-state index in [4.69, 9.17) is 10.00 Å². The summed E-state index contributed by atoms with van der Waals surface area (Å²) in [4.78, 5) is 2.32. The van der Waals surface area contributed by atoms with Crippen molar-refractivity contribution in [1.29, 1.82) is 5.26 Å². The molecule has 0 saturated carbocycles. The van der Waals surface area contributed by atoms with Crippen molar-refractivity contribution in [2.75, 3.05) is 26.2 Å². The average Bonchev–Trinajstić information content (AvgIpc) is 2.40. The summed E-state index contributed by atoms with van der Waals surface area (Å²) in [5.74, 6) is 1.13. The molecule has 0 amide bonds. The molecule has 1 heterocycles. The van der Waals surface area contributed by atoms with Crippen LogP contribution in [0.15, 0.2) is 30.3 Å². The van der Waals surface area contributed by atoms with Crippen LogP contribution in [0.2, 0.25) is 0 Å². The van der Waals surface area contributed by atoms with E-state index in [0.717, 1.165) is 38.2 Å². The number of piperidine rings is 1. The smallest absolute Gasteiger partial charge is 0.119 e. The van der Waals surface area contributed by atoms with E-state index in [2.05, 4.69) is 11.0 Å². The predicted octanol–water partition coefficient (Wildman–Crippen LogP) is 2.30. The summed E-state index contributed by atoms with van der Waals surface area (Å²) >= 11 is 0. The maximum Gasteiger partial charge on any atom is 0.119 e. The van der Waals surface area contributed by atoms with Crippen LogP contribution in [-0.4, -0.2) is 31.1 Å². The molecule has 1 saturated heterocycles. The molecule has 3 heteroatoms. The van der Waals surface area contributed by atoms with E-state index in [9.17, 15) is 0 Å². The minimum atomic E-state index is 0.209. The van der Waals surface area contributed by atoms with E-state index in [-0.39, 0.29) is 5.92 Å². The molecule has 1 aromatic carbocycles. The number of hydrogen-bond donors (Lipinski definition) is 0. The summed E-state index contributed by atoms with van der Waals surface area (Å²) in [5.41, 5.74) is 0. The molecule has 1 aliphatic rings. The summed E-state index contributed by atoms with van der Waals surface area (Å²) in [5, 5.41) is 8.90. The molecule has 1 aromatic rings. The van der Waals surface area contributed by atoms with E-state index in [1.54, 1.807) is 0 Å². The zero-order valence-corrected chi connectivity index (χ0v) is 10.0. The molecular weight excluding hydrogens is 212 g/mol. The van der Waals surface area contributed by atoms with Gasteiger partial charge in [0.15, 0.2) is 0 Å². The Morgan fingerprint density at radius 1 is 1.35 bits per heavy atom. The van der Waals surface area contributed by atoms with Gasteiger partial charge in [0.25, 0.3) is 0 Å². The van der Waals surface area contributed by atoms with Crippen molar-refractivity contribution in [3.05, 3.63) is 30.3 Å².